The molecule has 0 atom stereocenters. The summed E-state index contributed by atoms with van der Waals surface area (Å²) in [7, 11) is 1.83. The van der Waals surface area contributed by atoms with E-state index in [0.717, 1.165) is 11.4 Å². The highest BCUT2D eigenvalue weighted by atomic mass is 35.5. The summed E-state index contributed by atoms with van der Waals surface area (Å²) in [6, 6.07) is 11.9. The second-order valence-corrected chi connectivity index (χ2v) is 5.42. The molecule has 0 unspecified atom stereocenters. The lowest BCUT2D eigenvalue weighted by molar-refractivity contribution is 0.475. The molecule has 20 heavy (non-hydrogen) atoms. The Labute approximate surface area is 132 Å². The number of halogens is 2. The van der Waals surface area contributed by atoms with E-state index in [1.807, 2.05) is 7.05 Å². The van der Waals surface area contributed by atoms with Crippen molar-refractivity contribution in [3.8, 4) is 5.75 Å². The van der Waals surface area contributed by atoms with Gasteiger partial charge in [0.05, 0.1) is 0 Å². The Hall–Kier alpha value is -1.49. The highest BCUT2D eigenvalue weighted by Crippen LogP contribution is 2.23. The second-order valence-electron chi connectivity index (χ2n) is 4.16. The lowest BCUT2D eigenvalue weighted by Gasteiger charge is -2.21. The molecule has 0 aliphatic heterocycles. The van der Waals surface area contributed by atoms with Crippen LogP contribution >= 0.6 is 35.4 Å². The van der Waals surface area contributed by atoms with Crippen LogP contribution in [0.25, 0.3) is 0 Å². The molecule has 0 aromatic heterocycles. The molecule has 6 heteroatoms. The Morgan fingerprint density at radius 1 is 1.10 bits per heavy atom. The quantitative estimate of drug-likeness (QED) is 0.794. The predicted molar refractivity (Wildman–Crippen MR) is 89.2 cm³/mol. The maximum Gasteiger partial charge on any atom is 0.177 e. The van der Waals surface area contributed by atoms with Gasteiger partial charge in [0, 0.05) is 28.5 Å². The largest absolute Gasteiger partial charge is 0.508 e. The van der Waals surface area contributed by atoms with Gasteiger partial charge in [0.15, 0.2) is 5.11 Å². The van der Waals surface area contributed by atoms with E-state index in [2.05, 4.69) is 5.32 Å². The molecule has 0 fully saturated rings. The first-order valence-electron chi connectivity index (χ1n) is 5.75. The van der Waals surface area contributed by atoms with Gasteiger partial charge in [0.1, 0.15) is 5.75 Å². The van der Waals surface area contributed by atoms with E-state index < -0.39 is 0 Å². The van der Waals surface area contributed by atoms with Crippen LogP contribution < -0.4 is 10.2 Å². The number of phenols is 1. The molecule has 3 nitrogen and oxygen atoms in total. The Balaban J connectivity index is 2.13. The fourth-order valence-corrected chi connectivity index (χ4v) is 2.38. The zero-order valence-corrected chi connectivity index (χ0v) is 12.9. The van der Waals surface area contributed by atoms with E-state index in [1.165, 1.54) is 0 Å². The summed E-state index contributed by atoms with van der Waals surface area (Å²) >= 11 is 17.2. The fourth-order valence-electron chi connectivity index (χ4n) is 1.63. The molecule has 0 bridgehead atoms. The van der Waals surface area contributed by atoms with Crippen LogP contribution in [-0.4, -0.2) is 17.3 Å². The molecule has 0 saturated carbocycles. The van der Waals surface area contributed by atoms with Gasteiger partial charge in [-0.2, -0.15) is 0 Å². The van der Waals surface area contributed by atoms with Crippen LogP contribution in [0.15, 0.2) is 42.5 Å². The number of nitrogens with zero attached hydrogens (tertiary/aromatic N) is 1. The van der Waals surface area contributed by atoms with Crippen LogP contribution in [0.2, 0.25) is 10.0 Å². The number of thiocarbonyl (C=S) groups is 1. The summed E-state index contributed by atoms with van der Waals surface area (Å²) in [5, 5.41) is 13.9. The first kappa shape index (κ1) is 14.9. The number of nitrogens with one attached hydrogen (secondary N) is 1. The molecule has 0 saturated heterocycles. The minimum absolute atomic E-state index is 0.211. The summed E-state index contributed by atoms with van der Waals surface area (Å²) in [5.74, 6) is 0.211. The molecular weight excluding hydrogens is 315 g/mol. The molecule has 2 aromatic rings. The molecule has 0 heterocycles. The summed E-state index contributed by atoms with van der Waals surface area (Å²) in [6.45, 7) is 0. The molecule has 0 spiro atoms. The number of hydrogen-bond acceptors (Lipinski definition) is 2. The number of phenolic OH excluding ortho intramolecular Hbond substituents is 1. The van der Waals surface area contributed by atoms with Crippen molar-refractivity contribution in [2.45, 2.75) is 0 Å². The molecule has 2 rings (SSSR count). The van der Waals surface area contributed by atoms with Crippen molar-refractivity contribution < 1.29 is 5.11 Å². The van der Waals surface area contributed by atoms with Crippen molar-refractivity contribution in [1.29, 1.82) is 0 Å². The van der Waals surface area contributed by atoms with E-state index in [0.29, 0.717) is 15.2 Å². The zero-order chi connectivity index (χ0) is 14.7. The lowest BCUT2D eigenvalue weighted by Crippen LogP contribution is -2.30. The smallest absolute Gasteiger partial charge is 0.177 e. The molecule has 0 aliphatic rings. The predicted octanol–water partition coefficient (Wildman–Crippen LogP) is 4.53. The van der Waals surface area contributed by atoms with E-state index in [4.69, 9.17) is 35.4 Å². The molecule has 0 amide bonds. The Morgan fingerprint density at radius 2 is 1.65 bits per heavy atom. The zero-order valence-electron chi connectivity index (χ0n) is 10.6. The minimum Gasteiger partial charge on any atom is -0.508 e. The standard InChI is InChI=1S/C14H12Cl2N2OS/c1-18(12-2-4-13(19)5-3-12)14(20)17-11-7-9(15)6-10(16)8-11/h2-8,19H,1H3,(H,17,20). The first-order valence-corrected chi connectivity index (χ1v) is 6.92. The molecule has 104 valence electrons. The Morgan fingerprint density at radius 3 is 2.20 bits per heavy atom. The van der Waals surface area contributed by atoms with Gasteiger partial charge < -0.3 is 15.3 Å². The highest BCUT2D eigenvalue weighted by molar-refractivity contribution is 7.80. The monoisotopic (exact) mass is 326 g/mol. The van der Waals surface area contributed by atoms with Crippen molar-refractivity contribution in [3.63, 3.8) is 0 Å². The van der Waals surface area contributed by atoms with Crippen molar-refractivity contribution >= 4 is 51.9 Å². The maximum absolute atomic E-state index is 9.28. The van der Waals surface area contributed by atoms with Gasteiger partial charge in [-0.15, -0.1) is 0 Å². The third kappa shape index (κ3) is 3.76. The number of aromatic hydroxyl groups is 1. The molecule has 2 N–H and O–H groups in total. The average Bonchev–Trinajstić information content (AvgIpc) is 2.37. The van der Waals surface area contributed by atoms with Gasteiger partial charge in [-0.1, -0.05) is 23.2 Å². The lowest BCUT2D eigenvalue weighted by atomic mass is 10.3. The summed E-state index contributed by atoms with van der Waals surface area (Å²) < 4.78 is 0. The van der Waals surface area contributed by atoms with Crippen LogP contribution in [0.1, 0.15) is 0 Å². The van der Waals surface area contributed by atoms with Gasteiger partial charge in [0.25, 0.3) is 0 Å². The summed E-state index contributed by atoms with van der Waals surface area (Å²) in [6.07, 6.45) is 0. The Bertz CT molecular complexity index is 611. The van der Waals surface area contributed by atoms with Crippen molar-refractivity contribution in [2.75, 3.05) is 17.3 Å². The van der Waals surface area contributed by atoms with Crippen molar-refractivity contribution in [3.05, 3.63) is 52.5 Å². The van der Waals surface area contributed by atoms with E-state index >= 15 is 0 Å². The topological polar surface area (TPSA) is 35.5 Å². The third-order valence-corrected chi connectivity index (χ3v) is 3.47. The van der Waals surface area contributed by atoms with E-state index in [-0.39, 0.29) is 5.75 Å². The highest BCUT2D eigenvalue weighted by Gasteiger charge is 2.08. The van der Waals surface area contributed by atoms with Crippen molar-refractivity contribution in [2.24, 2.45) is 0 Å². The van der Waals surface area contributed by atoms with Gasteiger partial charge in [-0.25, -0.2) is 0 Å². The minimum atomic E-state index is 0.211. The summed E-state index contributed by atoms with van der Waals surface area (Å²) in [5.41, 5.74) is 1.58. The third-order valence-electron chi connectivity index (χ3n) is 2.66. The van der Waals surface area contributed by atoms with Crippen LogP contribution in [-0.2, 0) is 0 Å². The first-order chi connectivity index (χ1) is 9.45. The van der Waals surface area contributed by atoms with Gasteiger partial charge in [-0.3, -0.25) is 0 Å². The average molecular weight is 327 g/mol. The molecule has 0 aliphatic carbocycles. The van der Waals surface area contributed by atoms with Crippen LogP contribution in [0.5, 0.6) is 5.75 Å². The number of hydrogen-bond donors (Lipinski definition) is 2. The second kappa shape index (κ2) is 6.31. The maximum atomic E-state index is 9.28. The van der Waals surface area contributed by atoms with Crippen LogP contribution in [0, 0.1) is 0 Å². The van der Waals surface area contributed by atoms with E-state index in [9.17, 15) is 5.11 Å². The molecule has 0 radical (unpaired) electrons. The number of rotatable bonds is 2. The van der Waals surface area contributed by atoms with Gasteiger partial charge in [-0.05, 0) is 54.7 Å². The van der Waals surface area contributed by atoms with Gasteiger partial charge >= 0.3 is 0 Å². The SMILES string of the molecule is CN(C(=S)Nc1cc(Cl)cc(Cl)c1)c1ccc(O)cc1. The van der Waals surface area contributed by atoms with Crippen molar-refractivity contribution in [1.82, 2.24) is 0 Å². The van der Waals surface area contributed by atoms with Crippen LogP contribution in [0.3, 0.4) is 0 Å². The summed E-state index contributed by atoms with van der Waals surface area (Å²) in [4.78, 5) is 1.78. The Kier molecular flexibility index (Phi) is 4.70. The molecule has 2 aromatic carbocycles. The normalized spacial score (nSPS) is 10.2. The molecular formula is C14H12Cl2N2OS. The van der Waals surface area contributed by atoms with Gasteiger partial charge in [0.2, 0.25) is 0 Å². The number of benzene rings is 2. The van der Waals surface area contributed by atoms with Crippen LogP contribution in [0.4, 0.5) is 11.4 Å². The number of anilines is 2. The fraction of sp³-hybridized carbons (Fsp3) is 0.0714. The van der Waals surface area contributed by atoms with E-state index in [1.54, 1.807) is 47.4 Å².